The molecule has 102 valence electrons. The molecule has 2 nitrogen and oxygen atoms in total. The maximum absolute atomic E-state index is 13.3. The van der Waals surface area contributed by atoms with Crippen molar-refractivity contribution in [1.82, 2.24) is 10.2 Å². The van der Waals surface area contributed by atoms with Gasteiger partial charge in [-0.05, 0) is 63.8 Å². The molecule has 0 saturated heterocycles. The van der Waals surface area contributed by atoms with Gasteiger partial charge in [-0.15, -0.1) is 0 Å². The van der Waals surface area contributed by atoms with Crippen LogP contribution in [0.4, 0.5) is 4.39 Å². The lowest BCUT2D eigenvalue weighted by Gasteiger charge is -2.20. The van der Waals surface area contributed by atoms with Crippen LogP contribution < -0.4 is 5.32 Å². The molecule has 0 aliphatic heterocycles. The van der Waals surface area contributed by atoms with Gasteiger partial charge in [0.1, 0.15) is 5.82 Å². The Hall–Kier alpha value is -0.450. The molecule has 0 aliphatic rings. The van der Waals surface area contributed by atoms with E-state index in [1.54, 1.807) is 6.07 Å². The van der Waals surface area contributed by atoms with Crippen LogP contribution in [-0.4, -0.2) is 38.1 Å². The van der Waals surface area contributed by atoms with Crippen LogP contribution in [0.2, 0.25) is 0 Å². The zero-order chi connectivity index (χ0) is 13.5. The van der Waals surface area contributed by atoms with Gasteiger partial charge in [0.15, 0.2) is 0 Å². The molecule has 0 amide bonds. The van der Waals surface area contributed by atoms with Gasteiger partial charge in [0, 0.05) is 10.5 Å². The molecule has 0 heterocycles. The first kappa shape index (κ1) is 15.6. The predicted octanol–water partition coefficient (Wildman–Crippen LogP) is 3.06. The Labute approximate surface area is 118 Å². The topological polar surface area (TPSA) is 15.3 Å². The lowest BCUT2D eigenvalue weighted by atomic mass is 10.0. The van der Waals surface area contributed by atoms with Gasteiger partial charge in [0.05, 0.1) is 0 Å². The summed E-state index contributed by atoms with van der Waals surface area (Å²) < 4.78 is 14.1. The Morgan fingerprint density at radius 3 is 2.61 bits per heavy atom. The maximum atomic E-state index is 13.3. The van der Waals surface area contributed by atoms with Gasteiger partial charge in [-0.3, -0.25) is 0 Å². The number of likely N-dealkylation sites (N-methyl/N-ethyl adjacent to an activating group) is 1. The Bertz CT molecular complexity index is 349. The quantitative estimate of drug-likeness (QED) is 0.831. The minimum Gasteiger partial charge on any atom is -0.314 e. The molecule has 1 atom stereocenters. The van der Waals surface area contributed by atoms with E-state index in [2.05, 4.69) is 47.2 Å². The lowest BCUT2D eigenvalue weighted by Crippen LogP contribution is -2.34. The van der Waals surface area contributed by atoms with Crippen LogP contribution in [-0.2, 0) is 6.42 Å². The van der Waals surface area contributed by atoms with Crippen molar-refractivity contribution in [3.05, 3.63) is 34.1 Å². The number of hydrogen-bond acceptors (Lipinski definition) is 2. The Balaban J connectivity index is 2.63. The van der Waals surface area contributed by atoms with Gasteiger partial charge in [-0.1, -0.05) is 22.9 Å². The molecule has 1 N–H and O–H groups in total. The zero-order valence-corrected chi connectivity index (χ0v) is 12.9. The van der Waals surface area contributed by atoms with E-state index in [1.165, 1.54) is 6.07 Å². The summed E-state index contributed by atoms with van der Waals surface area (Å²) in [5, 5.41) is 3.46. The fourth-order valence-electron chi connectivity index (χ4n) is 1.99. The van der Waals surface area contributed by atoms with Crippen molar-refractivity contribution < 1.29 is 4.39 Å². The molecule has 0 radical (unpaired) electrons. The predicted molar refractivity (Wildman–Crippen MR) is 78.4 cm³/mol. The van der Waals surface area contributed by atoms with E-state index < -0.39 is 0 Å². The molecule has 4 heteroatoms. The van der Waals surface area contributed by atoms with Crippen LogP contribution in [0.3, 0.4) is 0 Å². The number of rotatable bonds is 7. The van der Waals surface area contributed by atoms with Gasteiger partial charge < -0.3 is 10.2 Å². The summed E-state index contributed by atoms with van der Waals surface area (Å²) >= 11 is 3.34. The summed E-state index contributed by atoms with van der Waals surface area (Å²) in [6.07, 6.45) is 1.92. The summed E-state index contributed by atoms with van der Waals surface area (Å²) in [6.45, 7) is 4.08. The minimum atomic E-state index is -0.178. The van der Waals surface area contributed by atoms with Crippen molar-refractivity contribution in [2.45, 2.75) is 25.8 Å². The van der Waals surface area contributed by atoms with Crippen molar-refractivity contribution in [2.24, 2.45) is 0 Å². The summed E-state index contributed by atoms with van der Waals surface area (Å²) in [4.78, 5) is 2.17. The zero-order valence-electron chi connectivity index (χ0n) is 11.3. The highest BCUT2D eigenvalue weighted by Gasteiger charge is 2.10. The van der Waals surface area contributed by atoms with Crippen molar-refractivity contribution in [3.63, 3.8) is 0 Å². The summed E-state index contributed by atoms with van der Waals surface area (Å²) in [6, 6.07) is 5.49. The molecule has 0 aliphatic carbocycles. The first-order valence-corrected chi connectivity index (χ1v) is 7.13. The average molecular weight is 317 g/mol. The Morgan fingerprint density at radius 2 is 2.06 bits per heavy atom. The van der Waals surface area contributed by atoms with Crippen LogP contribution >= 0.6 is 15.9 Å². The highest BCUT2D eigenvalue weighted by atomic mass is 79.9. The van der Waals surface area contributed by atoms with E-state index in [4.69, 9.17) is 0 Å². The fraction of sp³-hybridized carbons (Fsp3) is 0.571. The van der Waals surface area contributed by atoms with E-state index in [0.29, 0.717) is 6.04 Å². The van der Waals surface area contributed by atoms with Gasteiger partial charge >= 0.3 is 0 Å². The van der Waals surface area contributed by atoms with E-state index in [1.807, 2.05) is 6.07 Å². The highest BCUT2D eigenvalue weighted by molar-refractivity contribution is 9.10. The van der Waals surface area contributed by atoms with Gasteiger partial charge in [0.2, 0.25) is 0 Å². The summed E-state index contributed by atoms with van der Waals surface area (Å²) in [5.41, 5.74) is 1.03. The van der Waals surface area contributed by atoms with Crippen LogP contribution in [0.15, 0.2) is 22.7 Å². The van der Waals surface area contributed by atoms with Gasteiger partial charge in [0.25, 0.3) is 0 Å². The van der Waals surface area contributed by atoms with E-state index in [9.17, 15) is 4.39 Å². The molecule has 0 saturated carbocycles. The third kappa shape index (κ3) is 5.94. The van der Waals surface area contributed by atoms with E-state index in [-0.39, 0.29) is 5.82 Å². The second kappa shape index (κ2) is 7.87. The summed E-state index contributed by atoms with van der Waals surface area (Å²) in [7, 11) is 4.14. The number of benzene rings is 1. The molecule has 1 aromatic rings. The minimum absolute atomic E-state index is 0.178. The smallest absolute Gasteiger partial charge is 0.124 e. The first-order valence-electron chi connectivity index (χ1n) is 6.34. The Kier molecular flexibility index (Phi) is 6.82. The molecule has 18 heavy (non-hydrogen) atoms. The second-order valence-corrected chi connectivity index (χ2v) is 5.74. The number of nitrogens with one attached hydrogen (secondary N) is 1. The van der Waals surface area contributed by atoms with Crippen molar-refractivity contribution in [1.29, 1.82) is 0 Å². The van der Waals surface area contributed by atoms with Crippen LogP contribution in [0.1, 0.15) is 18.9 Å². The van der Waals surface area contributed by atoms with E-state index in [0.717, 1.165) is 36.0 Å². The molecule has 0 aromatic heterocycles. The molecule has 0 fully saturated rings. The fourth-order valence-corrected chi connectivity index (χ4v) is 2.51. The number of hydrogen-bond donors (Lipinski definition) is 1. The molecule has 1 rings (SSSR count). The van der Waals surface area contributed by atoms with Crippen LogP contribution in [0, 0.1) is 5.82 Å². The number of halogens is 2. The molecular weight excluding hydrogens is 295 g/mol. The third-order valence-corrected chi connectivity index (χ3v) is 3.28. The normalized spacial score (nSPS) is 13.0. The maximum Gasteiger partial charge on any atom is 0.124 e. The van der Waals surface area contributed by atoms with E-state index >= 15 is 0 Å². The van der Waals surface area contributed by atoms with Crippen LogP contribution in [0.25, 0.3) is 0 Å². The molecule has 0 bridgehead atoms. The van der Waals surface area contributed by atoms with Crippen molar-refractivity contribution >= 4 is 15.9 Å². The number of nitrogens with zero attached hydrogens (tertiary/aromatic N) is 1. The standard InChI is InChI=1S/C14H22BrFN2/c1-4-17-14(5-6-18(2)3)9-11-7-12(15)10-13(16)8-11/h7-8,10,14,17H,4-6,9H2,1-3H3. The second-order valence-electron chi connectivity index (χ2n) is 4.83. The molecule has 1 unspecified atom stereocenters. The molecular formula is C14H22BrFN2. The SMILES string of the molecule is CCNC(CCN(C)C)Cc1cc(F)cc(Br)c1. The van der Waals surface area contributed by atoms with Crippen LogP contribution in [0.5, 0.6) is 0 Å². The first-order chi connectivity index (χ1) is 8.51. The van der Waals surface area contributed by atoms with Crippen molar-refractivity contribution in [3.8, 4) is 0 Å². The lowest BCUT2D eigenvalue weighted by molar-refractivity contribution is 0.358. The Morgan fingerprint density at radius 1 is 1.33 bits per heavy atom. The largest absolute Gasteiger partial charge is 0.314 e. The molecule has 0 spiro atoms. The van der Waals surface area contributed by atoms with Gasteiger partial charge in [-0.2, -0.15) is 0 Å². The summed E-state index contributed by atoms with van der Waals surface area (Å²) in [5.74, 6) is -0.178. The highest BCUT2D eigenvalue weighted by Crippen LogP contribution is 2.16. The van der Waals surface area contributed by atoms with Crippen molar-refractivity contribution in [2.75, 3.05) is 27.2 Å². The monoisotopic (exact) mass is 316 g/mol. The third-order valence-electron chi connectivity index (χ3n) is 2.82. The average Bonchev–Trinajstić information content (AvgIpc) is 2.24. The van der Waals surface area contributed by atoms with Gasteiger partial charge in [-0.25, -0.2) is 4.39 Å². The molecule has 1 aromatic carbocycles.